The lowest BCUT2D eigenvalue weighted by Crippen LogP contribution is -2.03. The van der Waals surface area contributed by atoms with Gasteiger partial charge in [-0.05, 0) is 36.6 Å². The van der Waals surface area contributed by atoms with Gasteiger partial charge >= 0.3 is 0 Å². The second-order valence-electron chi connectivity index (χ2n) is 6.02. The molecule has 0 radical (unpaired) electrons. The monoisotopic (exact) mass is 342 g/mol. The maximum absolute atomic E-state index is 5.81. The number of benzene rings is 2. The van der Waals surface area contributed by atoms with Crippen LogP contribution < -0.4 is 4.74 Å². The molecule has 0 spiro atoms. The summed E-state index contributed by atoms with van der Waals surface area (Å²) in [5, 5.41) is 8.95. The number of methoxy groups -OCH3 is 1. The Balaban J connectivity index is 1.91. The van der Waals surface area contributed by atoms with Crippen LogP contribution in [0.1, 0.15) is 42.9 Å². The number of para-hydroxylation sites is 1. The Kier molecular flexibility index (Phi) is 5.76. The van der Waals surface area contributed by atoms with Crippen LogP contribution >= 0.6 is 11.6 Å². The van der Waals surface area contributed by atoms with Gasteiger partial charge in [-0.15, -0.1) is 11.6 Å². The van der Waals surface area contributed by atoms with Crippen LogP contribution in [0.4, 0.5) is 0 Å². The molecule has 0 bridgehead atoms. The fourth-order valence-corrected chi connectivity index (χ4v) is 3.37. The maximum atomic E-state index is 5.81. The van der Waals surface area contributed by atoms with Crippen molar-refractivity contribution >= 4 is 22.5 Å². The van der Waals surface area contributed by atoms with Crippen molar-refractivity contribution in [3.8, 4) is 5.75 Å². The van der Waals surface area contributed by atoms with Crippen LogP contribution in [-0.2, 0) is 0 Å². The third-order valence-electron chi connectivity index (χ3n) is 4.48. The van der Waals surface area contributed by atoms with E-state index in [2.05, 4.69) is 34.5 Å². The lowest BCUT2D eigenvalue weighted by atomic mass is 9.88. The number of alkyl halides is 1. The highest BCUT2D eigenvalue weighted by Gasteiger charge is 2.19. The molecule has 126 valence electrons. The van der Waals surface area contributed by atoms with Crippen LogP contribution in [0.15, 0.2) is 48.5 Å². The number of halogens is 1. The van der Waals surface area contributed by atoms with E-state index in [9.17, 15) is 0 Å². The van der Waals surface area contributed by atoms with Gasteiger partial charge in [-0.3, -0.25) is 5.10 Å². The van der Waals surface area contributed by atoms with E-state index >= 15 is 0 Å². The smallest absolute Gasteiger partial charge is 0.118 e. The number of rotatable bonds is 8. The Morgan fingerprint density at radius 2 is 1.83 bits per heavy atom. The van der Waals surface area contributed by atoms with E-state index in [1.165, 1.54) is 16.6 Å². The SMILES string of the molecule is COc1ccc(C(CCCCCCl)c2[nH]nc3ccccc23)cc1. The Morgan fingerprint density at radius 1 is 1.04 bits per heavy atom. The second kappa shape index (κ2) is 8.20. The molecule has 3 aromatic rings. The van der Waals surface area contributed by atoms with Gasteiger partial charge in [0.2, 0.25) is 0 Å². The third kappa shape index (κ3) is 3.73. The molecule has 3 rings (SSSR count). The molecule has 1 aromatic heterocycles. The number of hydrogen-bond donors (Lipinski definition) is 1. The van der Waals surface area contributed by atoms with Crippen molar-refractivity contribution < 1.29 is 4.74 Å². The zero-order valence-corrected chi connectivity index (χ0v) is 14.7. The molecule has 24 heavy (non-hydrogen) atoms. The van der Waals surface area contributed by atoms with Crippen LogP contribution in [0.2, 0.25) is 0 Å². The minimum atomic E-state index is 0.304. The highest BCUT2D eigenvalue weighted by Crippen LogP contribution is 2.33. The lowest BCUT2D eigenvalue weighted by molar-refractivity contribution is 0.414. The molecule has 0 aliphatic carbocycles. The van der Waals surface area contributed by atoms with Crippen molar-refractivity contribution in [2.75, 3.05) is 13.0 Å². The molecule has 0 saturated heterocycles. The minimum Gasteiger partial charge on any atom is -0.497 e. The minimum absolute atomic E-state index is 0.304. The number of ether oxygens (including phenoxy) is 1. The molecule has 1 heterocycles. The summed E-state index contributed by atoms with van der Waals surface area (Å²) in [7, 11) is 1.70. The Morgan fingerprint density at radius 3 is 2.58 bits per heavy atom. The van der Waals surface area contributed by atoms with E-state index in [1.807, 2.05) is 24.3 Å². The van der Waals surface area contributed by atoms with Crippen molar-refractivity contribution in [1.82, 2.24) is 10.2 Å². The summed E-state index contributed by atoms with van der Waals surface area (Å²) < 4.78 is 5.29. The fourth-order valence-electron chi connectivity index (χ4n) is 3.18. The van der Waals surface area contributed by atoms with Crippen LogP contribution in [-0.4, -0.2) is 23.2 Å². The summed E-state index contributed by atoms with van der Waals surface area (Å²) in [6, 6.07) is 16.6. The highest BCUT2D eigenvalue weighted by molar-refractivity contribution is 6.17. The van der Waals surface area contributed by atoms with Gasteiger partial charge in [0.15, 0.2) is 0 Å². The first kappa shape index (κ1) is 16.8. The first-order valence-electron chi connectivity index (χ1n) is 8.46. The number of nitrogens with one attached hydrogen (secondary N) is 1. The fraction of sp³-hybridized carbons (Fsp3) is 0.350. The normalized spacial score (nSPS) is 12.4. The van der Waals surface area contributed by atoms with Crippen molar-refractivity contribution in [1.29, 1.82) is 0 Å². The van der Waals surface area contributed by atoms with Crippen LogP contribution in [0, 0.1) is 0 Å². The molecular weight excluding hydrogens is 320 g/mol. The predicted molar refractivity (Wildman–Crippen MR) is 100 cm³/mol. The number of nitrogens with zero attached hydrogens (tertiary/aromatic N) is 1. The molecule has 0 saturated carbocycles. The number of H-pyrrole nitrogens is 1. The number of aromatic amines is 1. The van der Waals surface area contributed by atoms with E-state index in [4.69, 9.17) is 16.3 Å². The molecule has 1 N–H and O–H groups in total. The van der Waals surface area contributed by atoms with Gasteiger partial charge in [-0.2, -0.15) is 5.10 Å². The number of aromatic nitrogens is 2. The van der Waals surface area contributed by atoms with Gasteiger partial charge in [0.25, 0.3) is 0 Å². The molecule has 2 aromatic carbocycles. The second-order valence-corrected chi connectivity index (χ2v) is 6.40. The zero-order valence-electron chi connectivity index (χ0n) is 14.0. The highest BCUT2D eigenvalue weighted by atomic mass is 35.5. The molecule has 1 unspecified atom stereocenters. The Labute approximate surface area is 148 Å². The molecule has 4 heteroatoms. The van der Waals surface area contributed by atoms with Gasteiger partial charge < -0.3 is 4.74 Å². The maximum Gasteiger partial charge on any atom is 0.118 e. The van der Waals surface area contributed by atoms with E-state index in [0.29, 0.717) is 5.92 Å². The number of unbranched alkanes of at least 4 members (excludes halogenated alkanes) is 2. The van der Waals surface area contributed by atoms with E-state index < -0.39 is 0 Å². The van der Waals surface area contributed by atoms with Crippen molar-refractivity contribution in [2.24, 2.45) is 0 Å². The molecule has 3 nitrogen and oxygen atoms in total. The first-order valence-corrected chi connectivity index (χ1v) is 9.00. The summed E-state index contributed by atoms with van der Waals surface area (Å²) in [5.74, 6) is 1.92. The summed E-state index contributed by atoms with van der Waals surface area (Å²) in [6.45, 7) is 0. The summed E-state index contributed by atoms with van der Waals surface area (Å²) >= 11 is 5.81. The van der Waals surface area contributed by atoms with Crippen LogP contribution in [0.25, 0.3) is 10.9 Å². The Bertz CT molecular complexity index is 767. The van der Waals surface area contributed by atoms with Gasteiger partial charge in [0.05, 0.1) is 18.3 Å². The third-order valence-corrected chi connectivity index (χ3v) is 4.75. The Hall–Kier alpha value is -2.00. The van der Waals surface area contributed by atoms with E-state index in [-0.39, 0.29) is 0 Å². The molecule has 0 amide bonds. The zero-order chi connectivity index (χ0) is 16.8. The van der Waals surface area contributed by atoms with Crippen molar-refractivity contribution in [2.45, 2.75) is 31.6 Å². The van der Waals surface area contributed by atoms with Crippen LogP contribution in [0.5, 0.6) is 5.75 Å². The van der Waals surface area contributed by atoms with Gasteiger partial charge in [0, 0.05) is 17.2 Å². The van der Waals surface area contributed by atoms with Crippen molar-refractivity contribution in [3.63, 3.8) is 0 Å². The average molecular weight is 343 g/mol. The lowest BCUT2D eigenvalue weighted by Gasteiger charge is -2.17. The molecule has 0 aliphatic heterocycles. The molecule has 1 atom stereocenters. The van der Waals surface area contributed by atoms with Gasteiger partial charge in [0.1, 0.15) is 5.75 Å². The van der Waals surface area contributed by atoms with Gasteiger partial charge in [-0.1, -0.05) is 43.2 Å². The summed E-state index contributed by atoms with van der Waals surface area (Å²) in [6.07, 6.45) is 4.45. The van der Waals surface area contributed by atoms with Gasteiger partial charge in [-0.25, -0.2) is 0 Å². The predicted octanol–water partition coefficient (Wildman–Crippen LogP) is 5.50. The average Bonchev–Trinajstić information content (AvgIpc) is 3.06. The number of fused-ring (bicyclic) bond motifs is 1. The summed E-state index contributed by atoms with van der Waals surface area (Å²) in [5.41, 5.74) is 3.50. The number of hydrogen-bond acceptors (Lipinski definition) is 2. The standard InChI is InChI=1S/C20H23ClN2O/c1-24-16-12-10-15(11-13-16)17(7-3-2-6-14-21)20-18-8-4-5-9-19(18)22-23-20/h4-5,8-13,17H,2-3,6-7,14H2,1H3,(H,22,23). The van der Waals surface area contributed by atoms with E-state index in [0.717, 1.165) is 42.8 Å². The summed E-state index contributed by atoms with van der Waals surface area (Å²) in [4.78, 5) is 0. The molecule has 0 fully saturated rings. The van der Waals surface area contributed by atoms with Crippen LogP contribution in [0.3, 0.4) is 0 Å². The quantitative estimate of drug-likeness (QED) is 0.433. The molecular formula is C20H23ClN2O. The largest absolute Gasteiger partial charge is 0.497 e. The van der Waals surface area contributed by atoms with E-state index in [1.54, 1.807) is 7.11 Å². The first-order chi connectivity index (χ1) is 11.8. The van der Waals surface area contributed by atoms with Crippen molar-refractivity contribution in [3.05, 3.63) is 59.8 Å². The topological polar surface area (TPSA) is 37.9 Å². The molecule has 0 aliphatic rings.